The molecule has 4 heteroatoms. The molecule has 0 amide bonds. The zero-order chi connectivity index (χ0) is 19.5. The van der Waals surface area contributed by atoms with E-state index in [4.69, 9.17) is 4.74 Å². The second kappa shape index (κ2) is 5.89. The van der Waals surface area contributed by atoms with Crippen molar-refractivity contribution in [2.24, 2.45) is 5.92 Å². The molecule has 5 rings (SSSR count). The van der Waals surface area contributed by atoms with Crippen molar-refractivity contribution >= 4 is 27.5 Å². The van der Waals surface area contributed by atoms with Gasteiger partial charge in [0.2, 0.25) is 0 Å². The first-order valence-corrected chi connectivity index (χ1v) is 9.93. The molecular weight excluding hydrogens is 416 g/mol. The minimum absolute atomic E-state index is 0.00625. The summed E-state index contributed by atoms with van der Waals surface area (Å²) in [6.45, 7) is 0. The molecule has 1 saturated carbocycles. The number of ketones is 2. The van der Waals surface area contributed by atoms with Crippen LogP contribution < -0.4 is 4.74 Å². The number of hydrogen-bond acceptors (Lipinski definition) is 3. The van der Waals surface area contributed by atoms with Gasteiger partial charge in [0.25, 0.3) is 0 Å². The third kappa shape index (κ3) is 1.93. The van der Waals surface area contributed by atoms with Gasteiger partial charge in [-0.2, -0.15) is 0 Å². The molecule has 0 aliphatic heterocycles. The minimum Gasteiger partial charge on any atom is -0.497 e. The fraction of sp³-hybridized carbons (Fsp3) is 0.167. The first-order valence-electron chi connectivity index (χ1n) is 9.14. The average Bonchev–Trinajstić information content (AvgIpc) is 3.35. The lowest BCUT2D eigenvalue weighted by molar-refractivity contribution is 0.0893. The van der Waals surface area contributed by atoms with Crippen LogP contribution in [0.1, 0.15) is 31.8 Å². The highest BCUT2D eigenvalue weighted by Gasteiger charge is 2.84. The van der Waals surface area contributed by atoms with Crippen LogP contribution in [0.3, 0.4) is 0 Å². The van der Waals surface area contributed by atoms with Crippen molar-refractivity contribution in [2.45, 2.75) is 9.74 Å². The fourth-order valence-corrected chi connectivity index (χ4v) is 6.19. The first kappa shape index (κ1) is 17.4. The SMILES string of the molecule is COc1ccc([C@]2(c3ccccc3)[C@@H]3C(=O)c4ccccc4C(=O)[C@@]32Br)cc1. The van der Waals surface area contributed by atoms with Gasteiger partial charge in [0.05, 0.1) is 18.4 Å². The molecule has 0 spiro atoms. The van der Waals surface area contributed by atoms with E-state index in [1.807, 2.05) is 60.7 Å². The van der Waals surface area contributed by atoms with Gasteiger partial charge in [-0.15, -0.1) is 0 Å². The van der Waals surface area contributed by atoms with E-state index in [-0.39, 0.29) is 11.6 Å². The lowest BCUT2D eigenvalue weighted by Gasteiger charge is -2.22. The lowest BCUT2D eigenvalue weighted by atomic mass is 9.83. The quantitative estimate of drug-likeness (QED) is 0.557. The number of carbonyl (C=O) groups is 2. The Morgan fingerprint density at radius 2 is 1.36 bits per heavy atom. The first-order chi connectivity index (χ1) is 13.6. The Balaban J connectivity index is 1.79. The van der Waals surface area contributed by atoms with E-state index in [1.165, 1.54) is 0 Å². The van der Waals surface area contributed by atoms with Crippen LogP contribution in [-0.2, 0) is 5.41 Å². The third-order valence-electron chi connectivity index (χ3n) is 6.13. The topological polar surface area (TPSA) is 43.4 Å². The molecular formula is C24H17BrO3. The molecule has 3 nitrogen and oxygen atoms in total. The molecule has 0 bridgehead atoms. The number of halogens is 1. The predicted molar refractivity (Wildman–Crippen MR) is 110 cm³/mol. The molecule has 1 fully saturated rings. The number of ether oxygens (including phenoxy) is 1. The van der Waals surface area contributed by atoms with Crippen LogP contribution in [0, 0.1) is 5.92 Å². The Bertz CT molecular complexity index is 1110. The normalized spacial score (nSPS) is 27.7. The number of rotatable bonds is 3. The molecule has 3 aromatic rings. The second-order valence-corrected chi connectivity index (χ2v) is 8.54. The summed E-state index contributed by atoms with van der Waals surface area (Å²) in [4.78, 5) is 27.1. The van der Waals surface area contributed by atoms with Crippen LogP contribution in [-0.4, -0.2) is 23.0 Å². The van der Waals surface area contributed by atoms with Crippen LogP contribution in [0.2, 0.25) is 0 Å². The summed E-state index contributed by atoms with van der Waals surface area (Å²) in [7, 11) is 1.62. The Labute approximate surface area is 171 Å². The van der Waals surface area contributed by atoms with Crippen molar-refractivity contribution < 1.29 is 14.3 Å². The van der Waals surface area contributed by atoms with Gasteiger partial charge in [0.15, 0.2) is 11.6 Å². The zero-order valence-electron chi connectivity index (χ0n) is 15.2. The van der Waals surface area contributed by atoms with Gasteiger partial charge >= 0.3 is 0 Å². The highest BCUT2D eigenvalue weighted by atomic mass is 79.9. The number of hydrogen-bond donors (Lipinski definition) is 0. The van der Waals surface area contributed by atoms with E-state index in [0.29, 0.717) is 11.1 Å². The standard InChI is InChI=1S/C24H17BrO3/c1-28-17-13-11-16(12-14-17)23(15-7-3-2-4-8-15)21-20(26)18-9-5-6-10-19(18)22(27)24(21,23)25/h2-14,21H,1H3/t21-,23+,24-/m0/s1. The van der Waals surface area contributed by atoms with Crippen LogP contribution >= 0.6 is 15.9 Å². The number of carbonyl (C=O) groups excluding carboxylic acids is 2. The van der Waals surface area contributed by atoms with E-state index in [1.54, 1.807) is 25.3 Å². The van der Waals surface area contributed by atoms with E-state index < -0.39 is 15.7 Å². The van der Waals surface area contributed by atoms with E-state index in [0.717, 1.165) is 16.9 Å². The molecule has 0 unspecified atom stereocenters. The molecule has 2 aliphatic rings. The summed E-state index contributed by atoms with van der Waals surface area (Å²) in [5.41, 5.74) is 2.13. The van der Waals surface area contributed by atoms with Crippen LogP contribution in [0.15, 0.2) is 78.9 Å². The van der Waals surface area contributed by atoms with Crippen molar-refractivity contribution in [2.75, 3.05) is 7.11 Å². The highest BCUT2D eigenvalue weighted by Crippen LogP contribution is 2.74. The van der Waals surface area contributed by atoms with Crippen LogP contribution in [0.25, 0.3) is 0 Å². The van der Waals surface area contributed by atoms with E-state index >= 15 is 0 Å². The van der Waals surface area contributed by atoms with Crippen molar-refractivity contribution in [3.63, 3.8) is 0 Å². The largest absolute Gasteiger partial charge is 0.497 e. The summed E-state index contributed by atoms with van der Waals surface area (Å²) in [5.74, 6) is 0.220. The number of benzene rings is 3. The fourth-order valence-electron chi connectivity index (χ4n) is 4.85. The molecule has 0 aromatic heterocycles. The predicted octanol–water partition coefficient (Wildman–Crippen LogP) is 4.82. The van der Waals surface area contributed by atoms with E-state index in [9.17, 15) is 9.59 Å². The summed E-state index contributed by atoms with van der Waals surface area (Å²) in [6, 6.07) is 24.6. The number of Topliss-reactive ketones (excluding diaryl/α,β-unsaturated/α-hetero) is 2. The van der Waals surface area contributed by atoms with Gasteiger partial charge < -0.3 is 4.74 Å². The lowest BCUT2D eigenvalue weighted by Crippen LogP contribution is -2.31. The summed E-state index contributed by atoms with van der Waals surface area (Å²) in [5, 5.41) is 0. The van der Waals surface area contributed by atoms with Crippen LogP contribution in [0.4, 0.5) is 0 Å². The molecule has 138 valence electrons. The van der Waals surface area contributed by atoms with Gasteiger partial charge in [0, 0.05) is 11.1 Å². The maximum absolute atomic E-state index is 13.6. The molecule has 3 aromatic carbocycles. The molecule has 0 heterocycles. The summed E-state index contributed by atoms with van der Waals surface area (Å²) in [6.07, 6.45) is 0. The Kier molecular flexibility index (Phi) is 3.65. The van der Waals surface area contributed by atoms with E-state index in [2.05, 4.69) is 15.9 Å². The Hall–Kier alpha value is -2.72. The van der Waals surface area contributed by atoms with Gasteiger partial charge in [-0.3, -0.25) is 9.59 Å². The smallest absolute Gasteiger partial charge is 0.182 e. The highest BCUT2D eigenvalue weighted by molar-refractivity contribution is 9.10. The minimum atomic E-state index is -0.985. The second-order valence-electron chi connectivity index (χ2n) is 7.29. The summed E-state index contributed by atoms with van der Waals surface area (Å²) >= 11 is 3.77. The maximum atomic E-state index is 13.6. The molecule has 0 saturated heterocycles. The molecule has 0 radical (unpaired) electrons. The molecule has 28 heavy (non-hydrogen) atoms. The monoisotopic (exact) mass is 432 g/mol. The third-order valence-corrected chi connectivity index (χ3v) is 7.57. The number of alkyl halides is 1. The number of methoxy groups -OCH3 is 1. The summed E-state index contributed by atoms with van der Waals surface area (Å²) < 4.78 is 4.31. The molecule has 3 atom stereocenters. The van der Waals surface area contributed by atoms with Gasteiger partial charge in [-0.25, -0.2) is 0 Å². The Morgan fingerprint density at radius 3 is 2.00 bits per heavy atom. The van der Waals surface area contributed by atoms with Crippen molar-refractivity contribution in [1.29, 1.82) is 0 Å². The zero-order valence-corrected chi connectivity index (χ0v) is 16.8. The van der Waals surface area contributed by atoms with Gasteiger partial charge in [0.1, 0.15) is 10.1 Å². The van der Waals surface area contributed by atoms with Gasteiger partial charge in [-0.1, -0.05) is 82.7 Å². The van der Waals surface area contributed by atoms with Crippen molar-refractivity contribution in [3.8, 4) is 5.75 Å². The molecule has 2 aliphatic carbocycles. The Morgan fingerprint density at radius 1 is 0.786 bits per heavy atom. The van der Waals surface area contributed by atoms with Crippen molar-refractivity contribution in [1.82, 2.24) is 0 Å². The van der Waals surface area contributed by atoms with Crippen LogP contribution in [0.5, 0.6) is 5.75 Å². The van der Waals surface area contributed by atoms with Crippen molar-refractivity contribution in [3.05, 3.63) is 101 Å². The molecule has 0 N–H and O–H groups in total. The maximum Gasteiger partial charge on any atom is 0.182 e. The number of fused-ring (bicyclic) bond motifs is 2. The average molecular weight is 433 g/mol. The van der Waals surface area contributed by atoms with Gasteiger partial charge in [-0.05, 0) is 23.3 Å².